The molecule has 6 heteroatoms. The SMILES string of the molecule is C#CC.CC(C)(C)OC(=O)N1CCCC(CN=[N+]=[N-])C1. The van der Waals surface area contributed by atoms with E-state index in [9.17, 15) is 4.79 Å². The van der Waals surface area contributed by atoms with Gasteiger partial charge in [0.25, 0.3) is 0 Å². The molecule has 0 radical (unpaired) electrons. The number of ether oxygens (including phenoxy) is 1. The second kappa shape index (κ2) is 9.11. The lowest BCUT2D eigenvalue weighted by molar-refractivity contribution is 0.0170. The van der Waals surface area contributed by atoms with E-state index in [1.807, 2.05) is 20.8 Å². The molecule has 0 aromatic carbocycles. The standard InChI is InChI=1S/C11H20N4O2.C3H4/c1-11(2,3)17-10(16)15-6-4-5-9(8-15)7-13-14-12;1-3-2/h9H,4-8H2,1-3H3;1H,2H3. The Morgan fingerprint density at radius 3 is 2.70 bits per heavy atom. The molecule has 1 heterocycles. The minimum atomic E-state index is -0.463. The van der Waals surface area contributed by atoms with Crippen molar-refractivity contribution in [1.82, 2.24) is 4.90 Å². The van der Waals surface area contributed by atoms with Crippen LogP contribution in [-0.2, 0) is 4.74 Å². The number of rotatable bonds is 2. The van der Waals surface area contributed by atoms with Crippen LogP contribution in [0.4, 0.5) is 4.79 Å². The average Bonchev–Trinajstić information content (AvgIpc) is 2.35. The van der Waals surface area contributed by atoms with Gasteiger partial charge in [0, 0.05) is 24.5 Å². The van der Waals surface area contributed by atoms with Crippen LogP contribution in [0.25, 0.3) is 10.4 Å². The third-order valence-corrected chi connectivity index (χ3v) is 2.57. The lowest BCUT2D eigenvalue weighted by atomic mass is 9.99. The number of likely N-dealkylation sites (tertiary alicyclic amines) is 1. The fraction of sp³-hybridized carbons (Fsp3) is 0.786. The van der Waals surface area contributed by atoms with Crippen molar-refractivity contribution < 1.29 is 9.53 Å². The third-order valence-electron chi connectivity index (χ3n) is 2.57. The lowest BCUT2D eigenvalue weighted by Gasteiger charge is -2.33. The maximum Gasteiger partial charge on any atom is 0.410 e. The highest BCUT2D eigenvalue weighted by Gasteiger charge is 2.27. The number of amides is 1. The van der Waals surface area contributed by atoms with Gasteiger partial charge in [-0.2, -0.15) is 0 Å². The van der Waals surface area contributed by atoms with E-state index in [4.69, 9.17) is 10.3 Å². The van der Waals surface area contributed by atoms with Gasteiger partial charge in [0.15, 0.2) is 0 Å². The predicted molar refractivity (Wildman–Crippen MR) is 79.1 cm³/mol. The summed E-state index contributed by atoms with van der Waals surface area (Å²) in [5, 5.41) is 3.57. The van der Waals surface area contributed by atoms with Crippen LogP contribution in [0.3, 0.4) is 0 Å². The minimum absolute atomic E-state index is 0.257. The van der Waals surface area contributed by atoms with Crippen LogP contribution in [0.5, 0.6) is 0 Å². The predicted octanol–water partition coefficient (Wildman–Crippen LogP) is 3.58. The number of carbonyl (C=O) groups is 1. The maximum absolute atomic E-state index is 11.8. The smallest absolute Gasteiger partial charge is 0.410 e. The van der Waals surface area contributed by atoms with Crippen molar-refractivity contribution in [1.29, 1.82) is 0 Å². The quantitative estimate of drug-likeness (QED) is 0.335. The van der Waals surface area contributed by atoms with E-state index >= 15 is 0 Å². The van der Waals surface area contributed by atoms with E-state index in [2.05, 4.69) is 22.4 Å². The fourth-order valence-electron chi connectivity index (χ4n) is 1.86. The summed E-state index contributed by atoms with van der Waals surface area (Å²) < 4.78 is 5.31. The normalized spacial score (nSPS) is 17.9. The molecular weight excluding hydrogens is 256 g/mol. The van der Waals surface area contributed by atoms with Crippen LogP contribution in [0, 0.1) is 18.3 Å². The summed E-state index contributed by atoms with van der Waals surface area (Å²) in [5.74, 6) is 2.51. The number of piperidine rings is 1. The van der Waals surface area contributed by atoms with Gasteiger partial charge in [-0.3, -0.25) is 0 Å². The molecule has 1 atom stereocenters. The first-order chi connectivity index (χ1) is 9.34. The Labute approximate surface area is 121 Å². The molecule has 1 fully saturated rings. The van der Waals surface area contributed by atoms with Crippen molar-refractivity contribution in [3.63, 3.8) is 0 Å². The molecular formula is C14H24N4O2. The Kier molecular flexibility index (Phi) is 8.26. The molecule has 1 unspecified atom stereocenters. The summed E-state index contributed by atoms with van der Waals surface area (Å²) in [6.07, 6.45) is 6.26. The topological polar surface area (TPSA) is 78.3 Å². The summed E-state index contributed by atoms with van der Waals surface area (Å²) in [6.45, 7) is 9.01. The molecule has 1 aliphatic rings. The summed E-state index contributed by atoms with van der Waals surface area (Å²) in [5.41, 5.74) is 7.81. The third kappa shape index (κ3) is 8.28. The van der Waals surface area contributed by atoms with Crippen LogP contribution >= 0.6 is 0 Å². The second-order valence-electron chi connectivity index (χ2n) is 5.64. The second-order valence-corrected chi connectivity index (χ2v) is 5.64. The number of nitrogens with zero attached hydrogens (tertiary/aromatic N) is 4. The Morgan fingerprint density at radius 2 is 2.20 bits per heavy atom. The highest BCUT2D eigenvalue weighted by molar-refractivity contribution is 5.68. The van der Waals surface area contributed by atoms with E-state index < -0.39 is 5.60 Å². The zero-order valence-electron chi connectivity index (χ0n) is 12.8. The molecule has 1 amide bonds. The molecule has 0 bridgehead atoms. The van der Waals surface area contributed by atoms with Crippen molar-refractivity contribution >= 4 is 6.09 Å². The minimum Gasteiger partial charge on any atom is -0.444 e. The molecule has 112 valence electrons. The van der Waals surface area contributed by atoms with E-state index in [-0.39, 0.29) is 12.0 Å². The van der Waals surface area contributed by atoms with Gasteiger partial charge >= 0.3 is 6.09 Å². The van der Waals surface area contributed by atoms with Gasteiger partial charge in [-0.1, -0.05) is 5.11 Å². The molecule has 0 spiro atoms. The summed E-state index contributed by atoms with van der Waals surface area (Å²) in [6, 6.07) is 0. The molecule has 0 aliphatic carbocycles. The average molecular weight is 280 g/mol. The zero-order chi connectivity index (χ0) is 15.6. The Morgan fingerprint density at radius 1 is 1.60 bits per heavy atom. The van der Waals surface area contributed by atoms with E-state index in [0.29, 0.717) is 13.1 Å². The Balaban J connectivity index is 0.00000110. The number of hydrogen-bond acceptors (Lipinski definition) is 3. The van der Waals surface area contributed by atoms with Crippen LogP contribution in [0.15, 0.2) is 5.11 Å². The van der Waals surface area contributed by atoms with Crippen LogP contribution in [-0.4, -0.2) is 36.2 Å². The first-order valence-corrected chi connectivity index (χ1v) is 6.70. The van der Waals surface area contributed by atoms with Gasteiger partial charge in [0.05, 0.1) is 0 Å². The first-order valence-electron chi connectivity index (χ1n) is 6.70. The van der Waals surface area contributed by atoms with E-state index in [0.717, 1.165) is 19.4 Å². The van der Waals surface area contributed by atoms with Crippen molar-refractivity contribution in [3.8, 4) is 12.3 Å². The largest absolute Gasteiger partial charge is 0.444 e. The maximum atomic E-state index is 11.8. The van der Waals surface area contributed by atoms with Gasteiger partial charge in [0.1, 0.15) is 5.60 Å². The molecule has 0 N–H and O–H groups in total. The van der Waals surface area contributed by atoms with Crippen LogP contribution in [0.2, 0.25) is 0 Å². The lowest BCUT2D eigenvalue weighted by Crippen LogP contribution is -2.43. The molecule has 1 rings (SSSR count). The van der Waals surface area contributed by atoms with Gasteiger partial charge in [-0.25, -0.2) is 4.79 Å². The van der Waals surface area contributed by atoms with Crippen LogP contribution in [0.1, 0.15) is 40.5 Å². The van der Waals surface area contributed by atoms with Gasteiger partial charge in [0.2, 0.25) is 0 Å². The fourth-order valence-corrected chi connectivity index (χ4v) is 1.86. The molecule has 20 heavy (non-hydrogen) atoms. The molecule has 1 saturated heterocycles. The molecule has 0 saturated carbocycles. The highest BCUT2D eigenvalue weighted by Crippen LogP contribution is 2.19. The van der Waals surface area contributed by atoms with Gasteiger partial charge in [-0.15, -0.1) is 12.3 Å². The zero-order valence-corrected chi connectivity index (χ0v) is 12.8. The molecule has 1 aliphatic heterocycles. The summed E-state index contributed by atoms with van der Waals surface area (Å²) >= 11 is 0. The summed E-state index contributed by atoms with van der Waals surface area (Å²) in [4.78, 5) is 16.3. The molecule has 6 nitrogen and oxygen atoms in total. The number of hydrogen-bond donors (Lipinski definition) is 0. The molecule has 0 aromatic rings. The van der Waals surface area contributed by atoms with E-state index in [1.54, 1.807) is 11.8 Å². The van der Waals surface area contributed by atoms with Crippen molar-refractivity contribution in [2.24, 2.45) is 11.0 Å². The van der Waals surface area contributed by atoms with Crippen molar-refractivity contribution in [2.45, 2.75) is 46.1 Å². The van der Waals surface area contributed by atoms with Gasteiger partial charge in [-0.05, 0) is 52.0 Å². The van der Waals surface area contributed by atoms with Crippen molar-refractivity contribution in [3.05, 3.63) is 10.4 Å². The highest BCUT2D eigenvalue weighted by atomic mass is 16.6. The monoisotopic (exact) mass is 280 g/mol. The Hall–Kier alpha value is -1.86. The Bertz CT molecular complexity index is 389. The number of carbonyl (C=O) groups excluding carboxylic acids is 1. The number of azide groups is 1. The van der Waals surface area contributed by atoms with Gasteiger partial charge < -0.3 is 9.64 Å². The number of terminal acetylenes is 1. The molecule has 0 aromatic heterocycles. The van der Waals surface area contributed by atoms with Crippen LogP contribution < -0.4 is 0 Å². The van der Waals surface area contributed by atoms with E-state index in [1.165, 1.54) is 0 Å². The first kappa shape index (κ1) is 18.1. The summed E-state index contributed by atoms with van der Waals surface area (Å²) in [7, 11) is 0. The van der Waals surface area contributed by atoms with Crippen molar-refractivity contribution in [2.75, 3.05) is 19.6 Å².